The maximum atomic E-state index is 12.4. The molecule has 3 N–H and O–H groups in total. The molecule has 1 amide bonds. The molecule has 0 bridgehead atoms. The van der Waals surface area contributed by atoms with Gasteiger partial charge in [-0.25, -0.2) is 0 Å². The van der Waals surface area contributed by atoms with Gasteiger partial charge in [-0.2, -0.15) is 0 Å². The highest BCUT2D eigenvalue weighted by molar-refractivity contribution is 7.80. The number of benzene rings is 2. The SMILES string of the molecule is O=C(NC(NC(=S)Nc1ccc(Cl)c(Cl)c1)C(Cl)(Cl)Cl)c1cccc(Cl)c1. The number of halogens is 6. The third-order valence-electron chi connectivity index (χ3n) is 3.14. The van der Waals surface area contributed by atoms with Crippen molar-refractivity contribution in [2.24, 2.45) is 0 Å². The van der Waals surface area contributed by atoms with E-state index in [1.54, 1.807) is 36.4 Å². The zero-order chi connectivity index (χ0) is 20.2. The lowest BCUT2D eigenvalue weighted by Gasteiger charge is -2.27. The highest BCUT2D eigenvalue weighted by Gasteiger charge is 2.35. The molecule has 2 aromatic carbocycles. The summed E-state index contributed by atoms with van der Waals surface area (Å²) in [5.41, 5.74) is 0.859. The van der Waals surface area contributed by atoms with E-state index in [1.165, 1.54) is 6.07 Å². The number of carbonyl (C=O) groups is 1. The fourth-order valence-corrected chi connectivity index (χ4v) is 2.97. The molecule has 0 spiro atoms. The summed E-state index contributed by atoms with van der Waals surface area (Å²) < 4.78 is -1.89. The molecule has 0 aliphatic heterocycles. The van der Waals surface area contributed by atoms with Crippen LogP contribution in [0.15, 0.2) is 42.5 Å². The van der Waals surface area contributed by atoms with Gasteiger partial charge < -0.3 is 16.0 Å². The van der Waals surface area contributed by atoms with E-state index in [9.17, 15) is 4.79 Å². The van der Waals surface area contributed by atoms with E-state index >= 15 is 0 Å². The number of nitrogens with one attached hydrogen (secondary N) is 3. The minimum atomic E-state index is -1.89. The van der Waals surface area contributed by atoms with Gasteiger partial charge in [0.25, 0.3) is 5.91 Å². The summed E-state index contributed by atoms with van der Waals surface area (Å²) in [5.74, 6) is -0.501. The van der Waals surface area contributed by atoms with Crippen LogP contribution in [0.2, 0.25) is 15.1 Å². The molecule has 0 radical (unpaired) electrons. The summed E-state index contributed by atoms with van der Waals surface area (Å²) in [6.45, 7) is 0. The van der Waals surface area contributed by atoms with Crippen LogP contribution in [0.25, 0.3) is 0 Å². The van der Waals surface area contributed by atoms with Crippen molar-refractivity contribution >= 4 is 98.5 Å². The van der Waals surface area contributed by atoms with Gasteiger partial charge in [-0.05, 0) is 48.6 Å². The maximum absolute atomic E-state index is 12.4. The van der Waals surface area contributed by atoms with Crippen LogP contribution >= 0.6 is 81.8 Å². The Morgan fingerprint density at radius 1 is 0.963 bits per heavy atom. The van der Waals surface area contributed by atoms with Gasteiger partial charge in [0.2, 0.25) is 3.79 Å². The summed E-state index contributed by atoms with van der Waals surface area (Å²) in [6, 6.07) is 11.2. The number of hydrogen-bond donors (Lipinski definition) is 3. The molecule has 0 aromatic heterocycles. The summed E-state index contributed by atoms with van der Waals surface area (Å²) in [4.78, 5) is 12.4. The van der Waals surface area contributed by atoms with Crippen LogP contribution in [0, 0.1) is 0 Å². The number of carbonyl (C=O) groups excluding carboxylic acids is 1. The Bertz CT molecular complexity index is 858. The van der Waals surface area contributed by atoms with Crippen molar-refractivity contribution in [1.82, 2.24) is 10.6 Å². The smallest absolute Gasteiger partial charge is 0.253 e. The van der Waals surface area contributed by atoms with Crippen molar-refractivity contribution in [3.8, 4) is 0 Å². The first-order valence-corrected chi connectivity index (χ1v) is 9.89. The number of alkyl halides is 3. The summed E-state index contributed by atoms with van der Waals surface area (Å²) in [6.07, 6.45) is -1.13. The van der Waals surface area contributed by atoms with Crippen molar-refractivity contribution in [1.29, 1.82) is 0 Å². The van der Waals surface area contributed by atoms with E-state index < -0.39 is 15.9 Å². The standard InChI is InChI=1S/C16H11Cl6N3OS/c17-9-3-1-2-8(6-9)13(26)24-14(16(20,21)22)25-15(27)23-10-4-5-11(18)12(19)7-10/h1-7,14H,(H,24,26)(H2,23,25,27). The largest absolute Gasteiger partial charge is 0.339 e. The third kappa shape index (κ3) is 7.02. The predicted molar refractivity (Wildman–Crippen MR) is 119 cm³/mol. The predicted octanol–water partition coefficient (Wildman–Crippen LogP) is 6.06. The van der Waals surface area contributed by atoms with Crippen LogP contribution in [0.1, 0.15) is 10.4 Å². The fraction of sp³-hybridized carbons (Fsp3) is 0.125. The Hall–Kier alpha value is -0.660. The second-order valence-corrected chi connectivity index (χ2v) is 9.21. The Kier molecular flexibility index (Phi) is 8.13. The molecule has 0 aliphatic rings. The van der Waals surface area contributed by atoms with Crippen LogP contribution < -0.4 is 16.0 Å². The molecule has 27 heavy (non-hydrogen) atoms. The average Bonchev–Trinajstić information content (AvgIpc) is 2.56. The fourth-order valence-electron chi connectivity index (χ4n) is 1.92. The molecule has 2 rings (SSSR count). The first-order chi connectivity index (χ1) is 12.6. The van der Waals surface area contributed by atoms with E-state index in [-0.39, 0.29) is 5.11 Å². The molecule has 0 heterocycles. The third-order valence-corrected chi connectivity index (χ3v) is 4.99. The van der Waals surface area contributed by atoms with Crippen LogP contribution in [-0.4, -0.2) is 21.0 Å². The summed E-state index contributed by atoms with van der Waals surface area (Å²) in [7, 11) is 0. The molecule has 4 nitrogen and oxygen atoms in total. The molecule has 144 valence electrons. The number of amides is 1. The van der Waals surface area contributed by atoms with Crippen molar-refractivity contribution in [3.05, 3.63) is 63.1 Å². The quantitative estimate of drug-likeness (QED) is 0.268. The van der Waals surface area contributed by atoms with Crippen LogP contribution in [0.3, 0.4) is 0 Å². The van der Waals surface area contributed by atoms with Crippen molar-refractivity contribution in [2.75, 3.05) is 5.32 Å². The monoisotopic (exact) mass is 503 g/mol. The number of rotatable bonds is 4. The van der Waals surface area contributed by atoms with Crippen molar-refractivity contribution in [3.63, 3.8) is 0 Å². The number of hydrogen-bond acceptors (Lipinski definition) is 2. The van der Waals surface area contributed by atoms with Gasteiger partial charge in [-0.3, -0.25) is 4.79 Å². The molecule has 11 heteroatoms. The van der Waals surface area contributed by atoms with E-state index in [0.29, 0.717) is 26.3 Å². The molecule has 0 fully saturated rings. The Morgan fingerprint density at radius 2 is 1.67 bits per heavy atom. The van der Waals surface area contributed by atoms with Crippen LogP contribution in [0.4, 0.5) is 5.69 Å². The van der Waals surface area contributed by atoms with E-state index in [2.05, 4.69) is 16.0 Å². The minimum Gasteiger partial charge on any atom is -0.339 e. The molecule has 0 saturated heterocycles. The molecule has 0 aliphatic carbocycles. The molecule has 1 unspecified atom stereocenters. The lowest BCUT2D eigenvalue weighted by molar-refractivity contribution is 0.0934. The zero-order valence-corrected chi connectivity index (χ0v) is 18.6. The van der Waals surface area contributed by atoms with Gasteiger partial charge in [0.1, 0.15) is 6.17 Å². The average molecular weight is 506 g/mol. The van der Waals surface area contributed by atoms with Gasteiger partial charge in [0.15, 0.2) is 5.11 Å². The Balaban J connectivity index is 2.08. The second kappa shape index (κ2) is 9.70. The first-order valence-electron chi connectivity index (χ1n) is 7.22. The molecule has 2 aromatic rings. The van der Waals surface area contributed by atoms with Gasteiger partial charge in [0, 0.05) is 16.3 Å². The topological polar surface area (TPSA) is 53.2 Å². The molecule has 0 saturated carbocycles. The van der Waals surface area contributed by atoms with E-state index in [1.807, 2.05) is 0 Å². The highest BCUT2D eigenvalue weighted by Crippen LogP contribution is 2.30. The van der Waals surface area contributed by atoms with Crippen molar-refractivity contribution in [2.45, 2.75) is 9.96 Å². The lowest BCUT2D eigenvalue weighted by atomic mass is 10.2. The van der Waals surface area contributed by atoms with Crippen molar-refractivity contribution < 1.29 is 4.79 Å². The van der Waals surface area contributed by atoms with E-state index in [0.717, 1.165) is 0 Å². The highest BCUT2D eigenvalue weighted by atomic mass is 35.6. The molecular weight excluding hydrogens is 495 g/mol. The van der Waals surface area contributed by atoms with Gasteiger partial charge in [-0.15, -0.1) is 0 Å². The van der Waals surface area contributed by atoms with Gasteiger partial charge in [-0.1, -0.05) is 75.7 Å². The second-order valence-electron chi connectivity index (χ2n) is 5.19. The summed E-state index contributed by atoms with van der Waals surface area (Å²) >= 11 is 40.8. The molecular formula is C16H11Cl6N3OS. The minimum absolute atomic E-state index is 0.0936. The zero-order valence-electron chi connectivity index (χ0n) is 13.2. The number of anilines is 1. The molecule has 1 atom stereocenters. The van der Waals surface area contributed by atoms with Crippen LogP contribution in [0.5, 0.6) is 0 Å². The summed E-state index contributed by atoms with van der Waals surface area (Å²) in [5, 5.41) is 9.40. The van der Waals surface area contributed by atoms with Gasteiger partial charge in [0.05, 0.1) is 10.0 Å². The Morgan fingerprint density at radius 3 is 2.26 bits per heavy atom. The Labute approximate surface area is 191 Å². The first kappa shape index (κ1) is 22.6. The van der Waals surface area contributed by atoms with E-state index in [4.69, 9.17) is 81.8 Å². The maximum Gasteiger partial charge on any atom is 0.253 e. The normalized spacial score (nSPS) is 12.2. The number of thiocarbonyl (C=S) groups is 1. The van der Waals surface area contributed by atoms with Crippen LogP contribution in [-0.2, 0) is 0 Å². The van der Waals surface area contributed by atoms with Gasteiger partial charge >= 0.3 is 0 Å². The lowest BCUT2D eigenvalue weighted by Crippen LogP contribution is -2.56.